The maximum absolute atomic E-state index is 12.3. The second kappa shape index (κ2) is 3.83. The molecule has 0 saturated carbocycles. The van der Waals surface area contributed by atoms with Crippen molar-refractivity contribution < 1.29 is 22.8 Å². The van der Waals surface area contributed by atoms with Crippen molar-refractivity contribution >= 4 is 17.6 Å². The highest BCUT2D eigenvalue weighted by molar-refractivity contribution is 6.19. The first-order chi connectivity index (χ1) is 7.89. The van der Waals surface area contributed by atoms with E-state index in [9.17, 15) is 22.8 Å². The SMILES string of the molecule is O=C1CCC(=O)N1c1ccc(C(F)(F)F)cn1. The fraction of sp³-hybridized carbons (Fsp3) is 0.300. The molecule has 0 radical (unpaired) electrons. The average molecular weight is 244 g/mol. The number of halogens is 3. The number of anilines is 1. The summed E-state index contributed by atoms with van der Waals surface area (Å²) in [6.45, 7) is 0. The van der Waals surface area contributed by atoms with Gasteiger partial charge in [-0.15, -0.1) is 0 Å². The van der Waals surface area contributed by atoms with Crippen molar-refractivity contribution in [2.75, 3.05) is 4.90 Å². The van der Waals surface area contributed by atoms with Crippen LogP contribution in [0.5, 0.6) is 0 Å². The van der Waals surface area contributed by atoms with E-state index in [1.807, 2.05) is 0 Å². The monoisotopic (exact) mass is 244 g/mol. The highest BCUT2D eigenvalue weighted by atomic mass is 19.4. The predicted molar refractivity (Wildman–Crippen MR) is 51.0 cm³/mol. The van der Waals surface area contributed by atoms with Gasteiger partial charge in [0.1, 0.15) is 5.82 Å². The van der Waals surface area contributed by atoms with Gasteiger partial charge in [-0.05, 0) is 12.1 Å². The molecular formula is C10H7F3N2O2. The van der Waals surface area contributed by atoms with Gasteiger partial charge in [0, 0.05) is 19.0 Å². The van der Waals surface area contributed by atoms with E-state index >= 15 is 0 Å². The lowest BCUT2D eigenvalue weighted by Gasteiger charge is -2.13. The fourth-order valence-electron chi connectivity index (χ4n) is 1.52. The van der Waals surface area contributed by atoms with E-state index in [1.54, 1.807) is 0 Å². The number of rotatable bonds is 1. The Morgan fingerprint density at radius 1 is 1.12 bits per heavy atom. The molecule has 7 heteroatoms. The van der Waals surface area contributed by atoms with Gasteiger partial charge in [0.25, 0.3) is 0 Å². The molecule has 2 heterocycles. The lowest BCUT2D eigenvalue weighted by Crippen LogP contribution is -2.29. The maximum Gasteiger partial charge on any atom is 0.417 e. The Hall–Kier alpha value is -1.92. The van der Waals surface area contributed by atoms with E-state index in [-0.39, 0.29) is 18.7 Å². The number of aromatic nitrogens is 1. The molecule has 0 spiro atoms. The highest BCUT2D eigenvalue weighted by Crippen LogP contribution is 2.30. The zero-order valence-electron chi connectivity index (χ0n) is 8.49. The van der Waals surface area contributed by atoms with Crippen LogP contribution in [0.1, 0.15) is 18.4 Å². The minimum atomic E-state index is -4.48. The molecule has 1 saturated heterocycles. The van der Waals surface area contributed by atoms with Crippen molar-refractivity contribution in [3.8, 4) is 0 Å². The number of pyridine rings is 1. The Morgan fingerprint density at radius 3 is 2.12 bits per heavy atom. The summed E-state index contributed by atoms with van der Waals surface area (Å²) in [4.78, 5) is 26.9. The Kier molecular flexibility index (Phi) is 2.60. The van der Waals surface area contributed by atoms with Crippen molar-refractivity contribution in [2.24, 2.45) is 0 Å². The first kappa shape index (κ1) is 11.6. The van der Waals surface area contributed by atoms with Gasteiger partial charge in [-0.1, -0.05) is 0 Å². The summed E-state index contributed by atoms with van der Waals surface area (Å²) in [6.07, 6.45) is -3.73. The molecule has 0 unspecified atom stereocenters. The summed E-state index contributed by atoms with van der Waals surface area (Å²) in [7, 11) is 0. The van der Waals surface area contributed by atoms with Gasteiger partial charge in [-0.3, -0.25) is 9.59 Å². The lowest BCUT2D eigenvalue weighted by molar-refractivity contribution is -0.137. The maximum atomic E-state index is 12.3. The average Bonchev–Trinajstić information content (AvgIpc) is 2.58. The van der Waals surface area contributed by atoms with Gasteiger partial charge in [0.05, 0.1) is 5.56 Å². The minimum absolute atomic E-state index is 0.0644. The molecule has 1 aliphatic heterocycles. The third kappa shape index (κ3) is 2.13. The van der Waals surface area contributed by atoms with Crippen LogP contribution in [0.25, 0.3) is 0 Å². The minimum Gasteiger partial charge on any atom is -0.274 e. The normalized spacial score (nSPS) is 16.8. The van der Waals surface area contributed by atoms with Crippen molar-refractivity contribution in [3.05, 3.63) is 23.9 Å². The van der Waals surface area contributed by atoms with Gasteiger partial charge in [0.2, 0.25) is 11.8 Å². The molecule has 90 valence electrons. The van der Waals surface area contributed by atoms with Crippen molar-refractivity contribution in [2.45, 2.75) is 19.0 Å². The third-order valence-electron chi connectivity index (χ3n) is 2.36. The molecule has 1 aromatic heterocycles. The van der Waals surface area contributed by atoms with Crippen LogP contribution < -0.4 is 4.90 Å². The Labute approximate surface area is 94.0 Å². The molecule has 17 heavy (non-hydrogen) atoms. The molecule has 2 amide bonds. The Bertz CT molecular complexity index is 451. The number of carbonyl (C=O) groups is 2. The lowest BCUT2D eigenvalue weighted by atomic mass is 10.2. The summed E-state index contributed by atoms with van der Waals surface area (Å²) in [5.41, 5.74) is -0.916. The Balaban J connectivity index is 2.30. The van der Waals surface area contributed by atoms with E-state index in [1.165, 1.54) is 0 Å². The quantitative estimate of drug-likeness (QED) is 0.707. The Morgan fingerprint density at radius 2 is 1.71 bits per heavy atom. The van der Waals surface area contributed by atoms with Gasteiger partial charge < -0.3 is 0 Å². The smallest absolute Gasteiger partial charge is 0.274 e. The van der Waals surface area contributed by atoms with E-state index in [2.05, 4.69) is 4.98 Å². The van der Waals surface area contributed by atoms with Crippen molar-refractivity contribution in [1.82, 2.24) is 4.98 Å². The molecule has 0 aromatic carbocycles. The van der Waals surface area contributed by atoms with Gasteiger partial charge in [-0.25, -0.2) is 9.88 Å². The van der Waals surface area contributed by atoms with E-state index in [0.717, 1.165) is 17.0 Å². The number of alkyl halides is 3. The van der Waals surface area contributed by atoms with Gasteiger partial charge in [-0.2, -0.15) is 13.2 Å². The number of hydrogen-bond donors (Lipinski definition) is 0. The first-order valence-corrected chi connectivity index (χ1v) is 4.78. The molecule has 4 nitrogen and oxygen atoms in total. The molecule has 2 rings (SSSR count). The van der Waals surface area contributed by atoms with Crippen LogP contribution in [-0.2, 0) is 15.8 Å². The molecule has 1 aliphatic rings. The van der Waals surface area contributed by atoms with Crippen molar-refractivity contribution in [1.29, 1.82) is 0 Å². The second-order valence-corrected chi connectivity index (χ2v) is 3.53. The number of imide groups is 1. The van der Waals surface area contributed by atoms with Crippen LogP contribution in [0.2, 0.25) is 0 Å². The molecular weight excluding hydrogens is 237 g/mol. The topological polar surface area (TPSA) is 50.3 Å². The fourth-order valence-corrected chi connectivity index (χ4v) is 1.52. The van der Waals surface area contributed by atoms with Crippen LogP contribution in [0.4, 0.5) is 19.0 Å². The van der Waals surface area contributed by atoms with Crippen LogP contribution in [0, 0.1) is 0 Å². The van der Waals surface area contributed by atoms with Gasteiger partial charge in [0.15, 0.2) is 0 Å². The van der Waals surface area contributed by atoms with Crippen LogP contribution >= 0.6 is 0 Å². The molecule has 0 aliphatic carbocycles. The second-order valence-electron chi connectivity index (χ2n) is 3.53. The molecule has 1 fully saturated rings. The number of hydrogen-bond acceptors (Lipinski definition) is 3. The summed E-state index contributed by atoms with van der Waals surface area (Å²) in [5, 5.41) is 0. The largest absolute Gasteiger partial charge is 0.417 e. The number of nitrogens with zero attached hydrogens (tertiary/aromatic N) is 2. The van der Waals surface area contributed by atoms with Crippen LogP contribution in [0.15, 0.2) is 18.3 Å². The zero-order valence-corrected chi connectivity index (χ0v) is 8.49. The highest BCUT2D eigenvalue weighted by Gasteiger charge is 2.33. The van der Waals surface area contributed by atoms with Crippen LogP contribution in [-0.4, -0.2) is 16.8 Å². The van der Waals surface area contributed by atoms with Gasteiger partial charge >= 0.3 is 6.18 Å². The molecule has 1 aromatic rings. The summed E-state index contributed by atoms with van der Waals surface area (Å²) in [5.74, 6) is -0.949. The first-order valence-electron chi connectivity index (χ1n) is 4.78. The molecule has 0 bridgehead atoms. The summed E-state index contributed by atoms with van der Waals surface area (Å²) in [6, 6.07) is 1.81. The van der Waals surface area contributed by atoms with E-state index in [4.69, 9.17) is 0 Å². The number of amides is 2. The number of carbonyl (C=O) groups excluding carboxylic acids is 2. The molecule has 0 N–H and O–H groups in total. The summed E-state index contributed by atoms with van der Waals surface area (Å²) >= 11 is 0. The predicted octanol–water partition coefficient (Wildman–Crippen LogP) is 1.75. The van der Waals surface area contributed by atoms with E-state index < -0.39 is 23.6 Å². The molecule has 0 atom stereocenters. The summed E-state index contributed by atoms with van der Waals surface area (Å²) < 4.78 is 36.8. The zero-order chi connectivity index (χ0) is 12.6. The van der Waals surface area contributed by atoms with Crippen LogP contribution in [0.3, 0.4) is 0 Å². The van der Waals surface area contributed by atoms with Crippen molar-refractivity contribution in [3.63, 3.8) is 0 Å². The third-order valence-corrected chi connectivity index (χ3v) is 2.36. The standard InChI is InChI=1S/C10H7F3N2O2/c11-10(12,13)6-1-2-7(14-5-6)15-8(16)3-4-9(15)17/h1-2,5H,3-4H2. The van der Waals surface area contributed by atoms with E-state index in [0.29, 0.717) is 6.20 Å².